The van der Waals surface area contributed by atoms with Gasteiger partial charge in [0.1, 0.15) is 5.69 Å². The van der Waals surface area contributed by atoms with Crippen LogP contribution < -0.4 is 0 Å². The van der Waals surface area contributed by atoms with E-state index < -0.39 is 0 Å². The second-order valence-corrected chi connectivity index (χ2v) is 9.26. The minimum absolute atomic E-state index is 0. The molecule has 6 heteroatoms. The van der Waals surface area contributed by atoms with Gasteiger partial charge in [0.2, 0.25) is 0 Å². The third-order valence-corrected chi connectivity index (χ3v) is 6.14. The van der Waals surface area contributed by atoms with Gasteiger partial charge in [0, 0.05) is 16.8 Å². The Morgan fingerprint density at radius 3 is 2.18 bits per heavy atom. The fraction of sp³-hybridized carbons (Fsp3) is 0.321. The first kappa shape index (κ1) is 25.7. The summed E-state index contributed by atoms with van der Waals surface area (Å²) in [7, 11) is 0. The summed E-state index contributed by atoms with van der Waals surface area (Å²) in [5, 5.41) is 8.04. The molecule has 0 saturated carbocycles. The molecule has 1 aliphatic carbocycles. The average molecular weight is 498 g/mol. The number of H-pyrrole nitrogens is 1. The standard InChI is InChI=1S/C16H14N4.C12H18N.Co/c17-11-5-3-4-10-8-9-14(18-15(10)11)16-19-12-6-1-2-7-13(12)20-16;1-8(2)10-6-5-7-11(9(3)4)12(10)13;/h1-2,6-9,17H,3-5H2,(H,19,20);5-9,13H,1-4H3;/q;-1;. The number of hydrogen-bond acceptors (Lipinski definition) is 3. The number of imidazole rings is 1. The maximum atomic E-state index is 8.04. The maximum Gasteiger partial charge on any atom is 0.157 e. The van der Waals surface area contributed by atoms with Crippen LogP contribution in [-0.2, 0) is 23.2 Å². The first-order valence-electron chi connectivity index (χ1n) is 11.7. The van der Waals surface area contributed by atoms with Gasteiger partial charge in [-0.05, 0) is 54.9 Å². The van der Waals surface area contributed by atoms with E-state index >= 15 is 0 Å². The van der Waals surface area contributed by atoms with Crippen LogP contribution in [0, 0.1) is 5.41 Å². The summed E-state index contributed by atoms with van der Waals surface area (Å²) < 4.78 is 0. The molecule has 2 heterocycles. The molecule has 5 rings (SSSR count). The van der Waals surface area contributed by atoms with Crippen LogP contribution in [0.2, 0.25) is 0 Å². The fourth-order valence-corrected chi connectivity index (χ4v) is 4.28. The van der Waals surface area contributed by atoms with Gasteiger partial charge in [0.15, 0.2) is 5.82 Å². The van der Waals surface area contributed by atoms with E-state index in [1.807, 2.05) is 30.3 Å². The number of benzene rings is 2. The summed E-state index contributed by atoms with van der Waals surface area (Å²) in [5.41, 5.74) is 16.5. The van der Waals surface area contributed by atoms with Gasteiger partial charge in [-0.1, -0.05) is 75.2 Å². The molecule has 2 aromatic carbocycles. The van der Waals surface area contributed by atoms with Crippen LogP contribution in [0.3, 0.4) is 0 Å². The molecule has 3 N–H and O–H groups in total. The smallest absolute Gasteiger partial charge is 0.157 e. The number of aryl methyl sites for hydroxylation is 1. The Hall–Kier alpha value is -2.96. The summed E-state index contributed by atoms with van der Waals surface area (Å²) in [6, 6.07) is 18.2. The van der Waals surface area contributed by atoms with Gasteiger partial charge in [-0.25, -0.2) is 9.97 Å². The summed E-state index contributed by atoms with van der Waals surface area (Å²) in [6.45, 7) is 8.55. The monoisotopic (exact) mass is 497 g/mol. The van der Waals surface area contributed by atoms with Gasteiger partial charge in [-0.15, -0.1) is 5.69 Å². The summed E-state index contributed by atoms with van der Waals surface area (Å²) >= 11 is 0. The number of nitrogens with one attached hydrogen (secondary N) is 3. The SMILES string of the molecule is CC(C)c1cccc(C(C)C)c1[NH-].N=C1CCCc2ccc(-c3nc4ccccc4[nH]3)nc21.[Co]. The molecule has 0 saturated heterocycles. The van der Waals surface area contributed by atoms with E-state index in [0.717, 1.165) is 64.3 Å². The molecular formula is C28H32CoN5-. The topological polar surface area (TPSA) is 89.2 Å². The van der Waals surface area contributed by atoms with Crippen molar-refractivity contribution >= 4 is 22.4 Å². The summed E-state index contributed by atoms with van der Waals surface area (Å²) in [5.74, 6) is 1.67. The van der Waals surface area contributed by atoms with Gasteiger partial charge in [-0.3, -0.25) is 0 Å². The quantitative estimate of drug-likeness (QED) is 0.301. The largest absolute Gasteiger partial charge is 0.698 e. The van der Waals surface area contributed by atoms with E-state index in [-0.39, 0.29) is 16.8 Å². The first-order valence-corrected chi connectivity index (χ1v) is 11.7. The van der Waals surface area contributed by atoms with Gasteiger partial charge < -0.3 is 16.1 Å². The summed E-state index contributed by atoms with van der Waals surface area (Å²) in [6.07, 6.45) is 2.90. The third-order valence-electron chi connectivity index (χ3n) is 6.14. The van der Waals surface area contributed by atoms with Crippen molar-refractivity contribution in [2.75, 3.05) is 0 Å². The molecule has 2 aromatic heterocycles. The number of aromatic amines is 1. The van der Waals surface area contributed by atoms with Crippen LogP contribution in [-0.4, -0.2) is 20.7 Å². The van der Waals surface area contributed by atoms with Gasteiger partial charge in [-0.2, -0.15) is 0 Å². The number of nitrogens with zero attached hydrogens (tertiary/aromatic N) is 2. The van der Waals surface area contributed by atoms with Crippen molar-refractivity contribution in [1.82, 2.24) is 15.0 Å². The number of pyridine rings is 1. The van der Waals surface area contributed by atoms with Crippen LogP contribution in [0.25, 0.3) is 28.3 Å². The molecular weight excluding hydrogens is 465 g/mol. The molecule has 0 fully saturated rings. The molecule has 34 heavy (non-hydrogen) atoms. The van der Waals surface area contributed by atoms with E-state index in [2.05, 4.69) is 66.9 Å². The van der Waals surface area contributed by atoms with E-state index in [1.54, 1.807) is 0 Å². The predicted molar refractivity (Wildman–Crippen MR) is 138 cm³/mol. The molecule has 1 aliphatic rings. The third kappa shape index (κ3) is 5.40. The number of rotatable bonds is 3. The molecule has 0 atom stereocenters. The maximum absolute atomic E-state index is 8.04. The molecule has 4 aromatic rings. The van der Waals surface area contributed by atoms with Crippen molar-refractivity contribution in [2.45, 2.75) is 58.8 Å². The van der Waals surface area contributed by atoms with E-state index in [0.29, 0.717) is 17.5 Å². The zero-order valence-corrected chi connectivity index (χ0v) is 21.2. The van der Waals surface area contributed by atoms with Crippen molar-refractivity contribution in [2.24, 2.45) is 0 Å². The second-order valence-electron chi connectivity index (χ2n) is 9.26. The molecule has 0 aliphatic heterocycles. The Bertz CT molecular complexity index is 1230. The molecule has 1 radical (unpaired) electrons. The fourth-order valence-electron chi connectivity index (χ4n) is 4.28. The predicted octanol–water partition coefficient (Wildman–Crippen LogP) is 7.94. The second kappa shape index (κ2) is 11.0. The van der Waals surface area contributed by atoms with Crippen molar-refractivity contribution < 1.29 is 16.8 Å². The molecule has 179 valence electrons. The van der Waals surface area contributed by atoms with Crippen molar-refractivity contribution in [3.8, 4) is 11.5 Å². The Morgan fingerprint density at radius 2 is 1.53 bits per heavy atom. The Kier molecular flexibility index (Phi) is 8.28. The normalized spacial score (nSPS) is 12.8. The Morgan fingerprint density at radius 1 is 0.853 bits per heavy atom. The Balaban J connectivity index is 0.000000204. The molecule has 0 spiro atoms. The van der Waals surface area contributed by atoms with Gasteiger partial charge >= 0.3 is 0 Å². The average Bonchev–Trinajstić information content (AvgIpc) is 3.24. The molecule has 0 amide bonds. The number of hydrogen-bond donors (Lipinski definition) is 2. The van der Waals surface area contributed by atoms with E-state index in [9.17, 15) is 0 Å². The van der Waals surface area contributed by atoms with Crippen LogP contribution in [0.15, 0.2) is 54.6 Å². The van der Waals surface area contributed by atoms with Crippen LogP contribution >= 0.6 is 0 Å². The minimum atomic E-state index is 0. The van der Waals surface area contributed by atoms with E-state index in [4.69, 9.17) is 11.1 Å². The first-order chi connectivity index (χ1) is 15.8. The number of fused-ring (bicyclic) bond motifs is 2. The van der Waals surface area contributed by atoms with Crippen molar-refractivity contribution in [1.29, 1.82) is 5.41 Å². The Labute approximate surface area is 212 Å². The zero-order chi connectivity index (χ0) is 23.5. The molecule has 0 bridgehead atoms. The number of para-hydroxylation sites is 2. The molecule has 0 unspecified atom stereocenters. The summed E-state index contributed by atoms with van der Waals surface area (Å²) in [4.78, 5) is 12.5. The van der Waals surface area contributed by atoms with Crippen LogP contribution in [0.4, 0.5) is 5.69 Å². The van der Waals surface area contributed by atoms with E-state index in [1.165, 1.54) is 5.56 Å². The zero-order valence-electron chi connectivity index (χ0n) is 20.2. The minimum Gasteiger partial charge on any atom is -0.698 e. The van der Waals surface area contributed by atoms with Crippen molar-refractivity contribution in [3.05, 3.63) is 82.7 Å². The van der Waals surface area contributed by atoms with Crippen LogP contribution in [0.1, 0.15) is 74.8 Å². The molecule has 5 nitrogen and oxygen atoms in total. The van der Waals surface area contributed by atoms with Crippen molar-refractivity contribution in [3.63, 3.8) is 0 Å². The number of aromatic nitrogens is 3. The van der Waals surface area contributed by atoms with Gasteiger partial charge in [0.25, 0.3) is 0 Å². The van der Waals surface area contributed by atoms with Crippen LogP contribution in [0.5, 0.6) is 0 Å². The van der Waals surface area contributed by atoms with Gasteiger partial charge in [0.05, 0.1) is 22.4 Å².